The Labute approximate surface area is 224 Å². The molecule has 3 aromatic carbocycles. The van der Waals surface area contributed by atoms with E-state index in [0.29, 0.717) is 30.9 Å². The summed E-state index contributed by atoms with van der Waals surface area (Å²) in [5.74, 6) is 0.132. The Kier molecular flexibility index (Phi) is 6.73. The Bertz CT molecular complexity index is 1600. The molecule has 4 aromatic rings. The van der Waals surface area contributed by atoms with Crippen LogP contribution in [0.3, 0.4) is 0 Å². The normalized spacial score (nSPS) is 16.9. The predicted molar refractivity (Wildman–Crippen MR) is 141 cm³/mol. The molecule has 1 aromatic heterocycles. The van der Waals surface area contributed by atoms with Gasteiger partial charge in [0.2, 0.25) is 0 Å². The number of carbonyl (C=O) groups is 1. The van der Waals surface area contributed by atoms with Crippen molar-refractivity contribution in [1.29, 1.82) is 5.26 Å². The lowest BCUT2D eigenvalue weighted by Gasteiger charge is -2.30. The van der Waals surface area contributed by atoms with Crippen LogP contribution >= 0.6 is 0 Å². The Hall–Kier alpha value is -4.26. The maximum atomic E-state index is 14.3. The molecule has 0 unspecified atom stereocenters. The maximum Gasteiger partial charge on any atom is 0.335 e. The smallest absolute Gasteiger partial charge is 0.335 e. The highest BCUT2D eigenvalue weighted by molar-refractivity contribution is 5.92. The first-order valence-corrected chi connectivity index (χ1v) is 13.0. The van der Waals surface area contributed by atoms with Crippen molar-refractivity contribution >= 4 is 17.0 Å². The molecule has 1 fully saturated rings. The van der Waals surface area contributed by atoms with Gasteiger partial charge < -0.3 is 19.1 Å². The van der Waals surface area contributed by atoms with Gasteiger partial charge in [-0.3, -0.25) is 4.90 Å². The van der Waals surface area contributed by atoms with Crippen LogP contribution in [-0.2, 0) is 37.4 Å². The molecule has 8 nitrogen and oxygen atoms in total. The molecule has 0 amide bonds. The van der Waals surface area contributed by atoms with E-state index in [1.807, 2.05) is 18.2 Å². The SMILES string of the molecule is N#Cc1ccc(COc2ccc3c(c2)CN(Cc2nc4ccc(C(=O)O)cc4n2C[C@@H]2CCO2)CC3)c(F)c1. The number of benzene rings is 3. The van der Waals surface area contributed by atoms with Gasteiger partial charge in [0.05, 0.1) is 47.4 Å². The van der Waals surface area contributed by atoms with Crippen molar-refractivity contribution < 1.29 is 23.8 Å². The van der Waals surface area contributed by atoms with E-state index in [1.165, 1.54) is 11.6 Å². The fourth-order valence-electron chi connectivity index (χ4n) is 5.17. The van der Waals surface area contributed by atoms with Crippen molar-refractivity contribution in [3.05, 3.63) is 94.1 Å². The summed E-state index contributed by atoms with van der Waals surface area (Å²) in [5.41, 5.74) is 4.91. The summed E-state index contributed by atoms with van der Waals surface area (Å²) in [7, 11) is 0. The van der Waals surface area contributed by atoms with Crippen molar-refractivity contribution in [2.75, 3.05) is 13.2 Å². The highest BCUT2D eigenvalue weighted by Gasteiger charge is 2.25. The number of aromatic carboxylic acids is 1. The standard InChI is InChI=1S/C30H27FN4O4/c31-26-11-19(14-32)1-2-22(26)18-39-24-5-3-20-7-9-34(15-23(20)12-24)17-29-33-27-6-4-21(30(36)37)13-28(27)35(29)16-25-8-10-38-25/h1-6,11-13,25H,7-10,15-18H2,(H,36,37)/t25-/m0/s1. The summed E-state index contributed by atoms with van der Waals surface area (Å²) in [6, 6.07) is 17.4. The van der Waals surface area contributed by atoms with E-state index in [2.05, 4.69) is 15.5 Å². The first-order valence-electron chi connectivity index (χ1n) is 13.0. The van der Waals surface area contributed by atoms with Crippen LogP contribution in [0.15, 0.2) is 54.6 Å². The zero-order valence-electron chi connectivity index (χ0n) is 21.3. The van der Waals surface area contributed by atoms with Gasteiger partial charge in [0.25, 0.3) is 0 Å². The zero-order valence-corrected chi connectivity index (χ0v) is 21.3. The topological polar surface area (TPSA) is 101 Å². The molecule has 2 aliphatic rings. The van der Waals surface area contributed by atoms with Gasteiger partial charge in [-0.2, -0.15) is 5.26 Å². The highest BCUT2D eigenvalue weighted by Crippen LogP contribution is 2.28. The number of carboxylic acid groups (broad SMARTS) is 1. The van der Waals surface area contributed by atoms with Gasteiger partial charge >= 0.3 is 5.97 Å². The molecule has 0 spiro atoms. The second kappa shape index (κ2) is 10.5. The molecule has 0 radical (unpaired) electrons. The summed E-state index contributed by atoms with van der Waals surface area (Å²) in [6.45, 7) is 3.66. The molecule has 2 aliphatic heterocycles. The third-order valence-corrected chi connectivity index (χ3v) is 7.46. The van der Waals surface area contributed by atoms with E-state index < -0.39 is 11.8 Å². The Morgan fingerprint density at radius 2 is 2.05 bits per heavy atom. The van der Waals surface area contributed by atoms with Crippen molar-refractivity contribution in [2.45, 2.75) is 45.2 Å². The van der Waals surface area contributed by atoms with Crippen LogP contribution in [0.1, 0.15) is 44.9 Å². The maximum absolute atomic E-state index is 14.3. The molecule has 198 valence electrons. The predicted octanol–water partition coefficient (Wildman–Crippen LogP) is 4.67. The summed E-state index contributed by atoms with van der Waals surface area (Å²) in [4.78, 5) is 18.8. The zero-order chi connectivity index (χ0) is 26.9. The lowest BCUT2D eigenvalue weighted by molar-refractivity contribution is -0.0592. The summed E-state index contributed by atoms with van der Waals surface area (Å²) in [5, 5.41) is 18.4. The Morgan fingerprint density at radius 3 is 2.79 bits per heavy atom. The number of ether oxygens (including phenoxy) is 2. The largest absolute Gasteiger partial charge is 0.489 e. The van der Waals surface area contributed by atoms with Crippen molar-refractivity contribution in [2.24, 2.45) is 0 Å². The number of carboxylic acids is 1. The summed E-state index contributed by atoms with van der Waals surface area (Å²) < 4.78 is 27.9. The van der Waals surface area contributed by atoms with E-state index in [1.54, 1.807) is 30.3 Å². The van der Waals surface area contributed by atoms with Crippen molar-refractivity contribution in [1.82, 2.24) is 14.5 Å². The molecule has 1 N–H and O–H groups in total. The lowest BCUT2D eigenvalue weighted by Crippen LogP contribution is -2.34. The van der Waals surface area contributed by atoms with Gasteiger partial charge in [0, 0.05) is 25.3 Å². The molecule has 0 saturated carbocycles. The quantitative estimate of drug-likeness (QED) is 0.356. The van der Waals surface area contributed by atoms with Gasteiger partial charge in [-0.05, 0) is 66.4 Å². The molecule has 9 heteroatoms. The number of hydrogen-bond donors (Lipinski definition) is 1. The highest BCUT2D eigenvalue weighted by atomic mass is 19.1. The monoisotopic (exact) mass is 526 g/mol. The molecule has 1 atom stereocenters. The van der Waals surface area contributed by atoms with Crippen LogP contribution in [0.5, 0.6) is 5.75 Å². The third kappa shape index (κ3) is 5.21. The lowest BCUT2D eigenvalue weighted by atomic mass is 9.99. The van der Waals surface area contributed by atoms with Crippen LogP contribution in [-0.4, -0.2) is 44.8 Å². The van der Waals surface area contributed by atoms with E-state index in [-0.39, 0.29) is 23.8 Å². The fourth-order valence-corrected chi connectivity index (χ4v) is 5.17. The molecule has 39 heavy (non-hydrogen) atoms. The van der Waals surface area contributed by atoms with E-state index in [9.17, 15) is 14.3 Å². The Balaban J connectivity index is 1.19. The summed E-state index contributed by atoms with van der Waals surface area (Å²) >= 11 is 0. The van der Waals surface area contributed by atoms with Gasteiger partial charge in [0.15, 0.2) is 0 Å². The van der Waals surface area contributed by atoms with Crippen molar-refractivity contribution in [3.63, 3.8) is 0 Å². The molecular formula is C30H27FN4O4. The number of aromatic nitrogens is 2. The Morgan fingerprint density at radius 1 is 1.18 bits per heavy atom. The minimum Gasteiger partial charge on any atom is -0.489 e. The molecule has 0 bridgehead atoms. The number of imidazole rings is 1. The van der Waals surface area contributed by atoms with Gasteiger partial charge in [-0.15, -0.1) is 0 Å². The minimum absolute atomic E-state index is 0.0750. The van der Waals surface area contributed by atoms with Crippen LogP contribution in [0.4, 0.5) is 4.39 Å². The number of nitriles is 1. The first-order chi connectivity index (χ1) is 19.0. The van der Waals surface area contributed by atoms with Crippen LogP contribution in [0.2, 0.25) is 0 Å². The van der Waals surface area contributed by atoms with Crippen LogP contribution < -0.4 is 4.74 Å². The van der Waals surface area contributed by atoms with Crippen molar-refractivity contribution in [3.8, 4) is 11.8 Å². The molecular weight excluding hydrogens is 499 g/mol. The minimum atomic E-state index is -0.960. The second-order valence-corrected chi connectivity index (χ2v) is 10.0. The number of halogens is 1. The molecule has 0 aliphatic carbocycles. The first kappa shape index (κ1) is 25.0. The van der Waals surface area contributed by atoms with Crippen LogP contribution in [0.25, 0.3) is 11.0 Å². The van der Waals surface area contributed by atoms with E-state index in [4.69, 9.17) is 19.7 Å². The fraction of sp³-hybridized carbons (Fsp3) is 0.300. The number of fused-ring (bicyclic) bond motifs is 2. The number of hydrogen-bond acceptors (Lipinski definition) is 6. The van der Waals surface area contributed by atoms with E-state index in [0.717, 1.165) is 48.4 Å². The second-order valence-electron chi connectivity index (χ2n) is 10.0. The third-order valence-electron chi connectivity index (χ3n) is 7.46. The van der Waals surface area contributed by atoms with Gasteiger partial charge in [-0.1, -0.05) is 12.1 Å². The van der Waals surface area contributed by atoms with Crippen LogP contribution in [0, 0.1) is 17.1 Å². The molecule has 1 saturated heterocycles. The van der Waals surface area contributed by atoms with Gasteiger partial charge in [0.1, 0.15) is 24.0 Å². The van der Waals surface area contributed by atoms with E-state index >= 15 is 0 Å². The molecule has 6 rings (SSSR count). The number of nitrogens with zero attached hydrogens (tertiary/aromatic N) is 4. The average molecular weight is 527 g/mol. The molecule has 3 heterocycles. The van der Waals surface area contributed by atoms with Gasteiger partial charge in [-0.25, -0.2) is 14.2 Å². The number of rotatable bonds is 8. The summed E-state index contributed by atoms with van der Waals surface area (Å²) in [6.07, 6.45) is 1.97. The average Bonchev–Trinajstić information content (AvgIpc) is 3.25.